The highest BCUT2D eigenvalue weighted by Gasteiger charge is 2.23. The van der Waals surface area contributed by atoms with Crippen LogP contribution in [0.2, 0.25) is 5.02 Å². The molecule has 3 rings (SSSR count). The number of hydrogen-bond donors (Lipinski definition) is 1. The summed E-state index contributed by atoms with van der Waals surface area (Å²) in [5.41, 5.74) is 0.300. The molecule has 0 bridgehead atoms. The summed E-state index contributed by atoms with van der Waals surface area (Å²) in [6.07, 6.45) is 2.96. The Hall–Kier alpha value is -2.93. The lowest BCUT2D eigenvalue weighted by Gasteiger charge is -2.01. The Morgan fingerprint density at radius 1 is 1.36 bits per heavy atom. The van der Waals surface area contributed by atoms with E-state index in [1.54, 1.807) is 18.2 Å². The molecule has 0 saturated heterocycles. The maximum absolute atomic E-state index is 11.9. The maximum atomic E-state index is 11.9. The Morgan fingerprint density at radius 2 is 2.18 bits per heavy atom. The Morgan fingerprint density at radius 3 is 2.86 bits per heavy atom. The zero-order valence-electron chi connectivity index (χ0n) is 10.9. The van der Waals surface area contributed by atoms with Crippen LogP contribution >= 0.6 is 11.6 Å². The topological polar surface area (TPSA) is 97.7 Å². The van der Waals surface area contributed by atoms with E-state index in [-0.39, 0.29) is 22.2 Å². The molecule has 7 nitrogen and oxygen atoms in total. The van der Waals surface area contributed by atoms with Gasteiger partial charge in [0.15, 0.2) is 0 Å². The minimum absolute atomic E-state index is 0.0185. The normalized spacial score (nSPS) is 15.8. The molecule has 0 atom stereocenters. The van der Waals surface area contributed by atoms with Crippen molar-refractivity contribution in [3.63, 3.8) is 0 Å². The van der Waals surface area contributed by atoms with E-state index < -0.39 is 10.8 Å². The summed E-state index contributed by atoms with van der Waals surface area (Å²) in [7, 11) is 0. The number of amides is 1. The summed E-state index contributed by atoms with van der Waals surface area (Å²) >= 11 is 5.76. The molecule has 22 heavy (non-hydrogen) atoms. The molecule has 2 heterocycles. The highest BCUT2D eigenvalue weighted by molar-refractivity contribution is 6.33. The fourth-order valence-electron chi connectivity index (χ4n) is 1.91. The average Bonchev–Trinajstić information content (AvgIpc) is 3.10. The SMILES string of the molecule is O=C1NC(c2ccc(Cl)c([N+](=O)[O-])c2)=NC1=Cc1ccco1. The number of halogens is 1. The van der Waals surface area contributed by atoms with Crippen LogP contribution < -0.4 is 5.32 Å². The number of aliphatic imine (C=N–C) groups is 1. The molecule has 1 amide bonds. The molecule has 0 aliphatic carbocycles. The number of hydrogen-bond acceptors (Lipinski definition) is 5. The number of carbonyl (C=O) groups excluding carboxylic acids is 1. The zero-order chi connectivity index (χ0) is 15.7. The van der Waals surface area contributed by atoms with Gasteiger partial charge in [0.1, 0.15) is 22.3 Å². The van der Waals surface area contributed by atoms with Gasteiger partial charge in [-0.25, -0.2) is 4.99 Å². The molecule has 8 heteroatoms. The first-order valence-electron chi connectivity index (χ1n) is 6.14. The third-order valence-corrected chi connectivity index (χ3v) is 3.25. The number of nitro benzene ring substituents is 1. The molecule has 1 N–H and O–H groups in total. The Balaban J connectivity index is 1.98. The number of carbonyl (C=O) groups is 1. The fourth-order valence-corrected chi connectivity index (χ4v) is 2.10. The van der Waals surface area contributed by atoms with Crippen LogP contribution in [-0.2, 0) is 4.79 Å². The number of furan rings is 1. The van der Waals surface area contributed by atoms with Gasteiger partial charge in [-0.2, -0.15) is 0 Å². The van der Waals surface area contributed by atoms with Gasteiger partial charge in [0.2, 0.25) is 0 Å². The lowest BCUT2D eigenvalue weighted by atomic mass is 10.2. The van der Waals surface area contributed by atoms with Crippen LogP contribution in [0.4, 0.5) is 5.69 Å². The molecule has 110 valence electrons. The number of nitro groups is 1. The second-order valence-electron chi connectivity index (χ2n) is 4.38. The standard InChI is InChI=1S/C14H8ClN3O4/c15-10-4-3-8(6-12(10)18(20)21)13-16-11(14(19)17-13)7-9-2-1-5-22-9/h1-7H,(H,16,17,19). The van der Waals surface area contributed by atoms with Crippen molar-refractivity contribution in [1.82, 2.24) is 5.32 Å². The van der Waals surface area contributed by atoms with Crippen LogP contribution in [0.5, 0.6) is 0 Å². The number of nitrogens with one attached hydrogen (secondary N) is 1. The van der Waals surface area contributed by atoms with E-state index in [2.05, 4.69) is 10.3 Å². The number of rotatable bonds is 3. The van der Waals surface area contributed by atoms with Crippen molar-refractivity contribution < 1.29 is 14.1 Å². The quantitative estimate of drug-likeness (QED) is 0.534. The molecular weight excluding hydrogens is 310 g/mol. The lowest BCUT2D eigenvalue weighted by molar-refractivity contribution is -0.384. The number of amidine groups is 1. The molecule has 0 radical (unpaired) electrons. The summed E-state index contributed by atoms with van der Waals surface area (Å²) < 4.78 is 5.12. The highest BCUT2D eigenvalue weighted by Crippen LogP contribution is 2.26. The van der Waals surface area contributed by atoms with E-state index in [0.717, 1.165) is 0 Å². The van der Waals surface area contributed by atoms with Crippen molar-refractivity contribution in [3.8, 4) is 0 Å². The number of benzene rings is 1. The first-order valence-corrected chi connectivity index (χ1v) is 6.52. The summed E-state index contributed by atoms with van der Waals surface area (Å²) in [5.74, 6) is 0.295. The minimum Gasteiger partial charge on any atom is -0.465 e. The van der Waals surface area contributed by atoms with Crippen LogP contribution in [0.3, 0.4) is 0 Å². The van der Waals surface area contributed by atoms with Gasteiger partial charge in [0, 0.05) is 17.7 Å². The van der Waals surface area contributed by atoms with E-state index >= 15 is 0 Å². The Bertz CT molecular complexity index is 825. The molecule has 1 aliphatic heterocycles. The molecule has 1 aromatic heterocycles. The van der Waals surface area contributed by atoms with Gasteiger partial charge in [0.25, 0.3) is 11.6 Å². The molecule has 0 saturated carbocycles. The summed E-state index contributed by atoms with van der Waals surface area (Å²) in [4.78, 5) is 26.3. The van der Waals surface area contributed by atoms with Crippen molar-refractivity contribution in [3.05, 3.63) is 68.8 Å². The molecule has 1 aliphatic rings. The monoisotopic (exact) mass is 317 g/mol. The predicted octanol–water partition coefficient (Wildman–Crippen LogP) is 2.76. The third kappa shape index (κ3) is 2.61. The highest BCUT2D eigenvalue weighted by atomic mass is 35.5. The summed E-state index contributed by atoms with van der Waals surface area (Å²) in [6, 6.07) is 7.56. The Labute approximate surface area is 129 Å². The van der Waals surface area contributed by atoms with Crippen molar-refractivity contribution in [2.75, 3.05) is 0 Å². The average molecular weight is 318 g/mol. The van der Waals surface area contributed by atoms with Gasteiger partial charge < -0.3 is 9.73 Å². The molecule has 2 aromatic rings. The van der Waals surface area contributed by atoms with Crippen LogP contribution in [0.15, 0.2) is 51.7 Å². The van der Waals surface area contributed by atoms with Crippen molar-refractivity contribution >= 4 is 35.1 Å². The predicted molar refractivity (Wildman–Crippen MR) is 79.5 cm³/mol. The second kappa shape index (κ2) is 5.45. The van der Waals surface area contributed by atoms with Crippen molar-refractivity contribution in [1.29, 1.82) is 0 Å². The lowest BCUT2D eigenvalue weighted by Crippen LogP contribution is -2.24. The van der Waals surface area contributed by atoms with Gasteiger partial charge in [-0.15, -0.1) is 0 Å². The molecular formula is C14H8ClN3O4. The van der Waals surface area contributed by atoms with Gasteiger partial charge in [0.05, 0.1) is 11.2 Å². The van der Waals surface area contributed by atoms with Crippen LogP contribution in [-0.4, -0.2) is 16.7 Å². The van der Waals surface area contributed by atoms with E-state index in [1.165, 1.54) is 24.5 Å². The van der Waals surface area contributed by atoms with Gasteiger partial charge in [-0.3, -0.25) is 14.9 Å². The largest absolute Gasteiger partial charge is 0.465 e. The van der Waals surface area contributed by atoms with Gasteiger partial charge >= 0.3 is 0 Å². The smallest absolute Gasteiger partial charge is 0.288 e. The van der Waals surface area contributed by atoms with E-state index in [1.807, 2.05) is 0 Å². The second-order valence-corrected chi connectivity index (χ2v) is 4.79. The molecule has 0 spiro atoms. The molecule has 1 aromatic carbocycles. The zero-order valence-corrected chi connectivity index (χ0v) is 11.7. The maximum Gasteiger partial charge on any atom is 0.288 e. The van der Waals surface area contributed by atoms with Crippen molar-refractivity contribution in [2.24, 2.45) is 4.99 Å². The summed E-state index contributed by atoms with van der Waals surface area (Å²) in [6.45, 7) is 0. The van der Waals surface area contributed by atoms with Crippen LogP contribution in [0.25, 0.3) is 6.08 Å². The van der Waals surface area contributed by atoms with Crippen LogP contribution in [0.1, 0.15) is 11.3 Å². The van der Waals surface area contributed by atoms with Crippen molar-refractivity contribution in [2.45, 2.75) is 0 Å². The number of nitrogens with zero attached hydrogens (tertiary/aromatic N) is 2. The first-order chi connectivity index (χ1) is 10.5. The molecule has 0 fully saturated rings. The van der Waals surface area contributed by atoms with Gasteiger partial charge in [-0.05, 0) is 24.3 Å². The van der Waals surface area contributed by atoms with E-state index in [0.29, 0.717) is 11.3 Å². The fraction of sp³-hybridized carbons (Fsp3) is 0. The first kappa shape index (κ1) is 14.0. The molecule has 0 unspecified atom stereocenters. The van der Waals surface area contributed by atoms with Gasteiger partial charge in [-0.1, -0.05) is 11.6 Å². The van der Waals surface area contributed by atoms with E-state index in [4.69, 9.17) is 16.0 Å². The van der Waals surface area contributed by atoms with Crippen LogP contribution in [0, 0.1) is 10.1 Å². The Kier molecular flexibility index (Phi) is 3.48. The summed E-state index contributed by atoms with van der Waals surface area (Å²) in [5, 5.41) is 13.5. The van der Waals surface area contributed by atoms with E-state index in [9.17, 15) is 14.9 Å². The third-order valence-electron chi connectivity index (χ3n) is 2.94. The minimum atomic E-state index is -0.594.